The maximum absolute atomic E-state index is 14.0. The molecular weight excluding hydrogens is 644 g/mol. The van der Waals surface area contributed by atoms with Crippen LogP contribution in [0.1, 0.15) is 44.9 Å². The van der Waals surface area contributed by atoms with Crippen molar-refractivity contribution in [2.75, 3.05) is 27.4 Å². The number of methoxy groups -OCH3 is 2. The number of benzene rings is 2. The largest absolute Gasteiger partial charge is 0.493 e. The number of halogens is 1. The van der Waals surface area contributed by atoms with Gasteiger partial charge >= 0.3 is 11.9 Å². The van der Waals surface area contributed by atoms with E-state index in [4.69, 9.17) is 28.8 Å². The summed E-state index contributed by atoms with van der Waals surface area (Å²) in [6, 6.07) is 7.64. The van der Waals surface area contributed by atoms with Crippen LogP contribution >= 0.6 is 27.3 Å². The molecule has 1 aliphatic heterocycles. The third-order valence-corrected chi connectivity index (χ3v) is 7.97. The van der Waals surface area contributed by atoms with Gasteiger partial charge in [0.2, 0.25) is 0 Å². The van der Waals surface area contributed by atoms with Gasteiger partial charge in [-0.15, -0.1) is 0 Å². The first kappa shape index (κ1) is 31.8. The van der Waals surface area contributed by atoms with Crippen molar-refractivity contribution in [1.29, 1.82) is 0 Å². The normalized spacial score (nSPS) is 14.7. The second-order valence-corrected chi connectivity index (χ2v) is 11.4. The predicted molar refractivity (Wildman–Crippen MR) is 163 cm³/mol. The van der Waals surface area contributed by atoms with Gasteiger partial charge in [-0.3, -0.25) is 9.36 Å². The maximum atomic E-state index is 14.0. The first-order valence-electron chi connectivity index (χ1n) is 13.2. The number of carboxylic acid groups (broad SMARTS) is 1. The first-order valence-corrected chi connectivity index (χ1v) is 14.9. The van der Waals surface area contributed by atoms with E-state index < -0.39 is 24.6 Å². The summed E-state index contributed by atoms with van der Waals surface area (Å²) in [4.78, 5) is 43.2. The summed E-state index contributed by atoms with van der Waals surface area (Å²) in [5.41, 5.74) is 1.49. The number of hydrogen-bond acceptors (Lipinski definition) is 10. The van der Waals surface area contributed by atoms with E-state index in [1.54, 1.807) is 50.3 Å². The molecule has 0 aliphatic carbocycles. The number of carboxylic acids is 1. The molecule has 1 aliphatic rings. The highest BCUT2D eigenvalue weighted by molar-refractivity contribution is 9.10. The lowest BCUT2D eigenvalue weighted by molar-refractivity contribution is -0.140. The SMILES string of the molecule is CCOC(=O)C1=C(C)N=c2s/c(=C\c3cc(OC)c(OCC(=O)O)cc3Br)c(=O)n2[C@H]1c1ccc(OC(C)C)c(OC)c1. The Bertz CT molecular complexity index is 1770. The van der Waals surface area contributed by atoms with E-state index in [0.717, 1.165) is 11.3 Å². The molecule has 0 saturated carbocycles. The smallest absolute Gasteiger partial charge is 0.341 e. The molecular formula is C30H31BrN2O9S. The van der Waals surface area contributed by atoms with Gasteiger partial charge in [-0.05, 0) is 69.2 Å². The zero-order valence-corrected chi connectivity index (χ0v) is 26.8. The molecule has 4 rings (SSSR count). The molecule has 0 spiro atoms. The number of rotatable bonds is 11. The molecule has 13 heteroatoms. The van der Waals surface area contributed by atoms with Gasteiger partial charge in [0, 0.05) is 4.47 Å². The lowest BCUT2D eigenvalue weighted by Gasteiger charge is -2.25. The fraction of sp³-hybridized carbons (Fsp3) is 0.333. The van der Waals surface area contributed by atoms with Gasteiger partial charge in [-0.2, -0.15) is 0 Å². The van der Waals surface area contributed by atoms with Gasteiger partial charge in [-0.1, -0.05) is 33.3 Å². The van der Waals surface area contributed by atoms with E-state index in [2.05, 4.69) is 20.9 Å². The Morgan fingerprint density at radius 2 is 1.81 bits per heavy atom. The molecule has 228 valence electrons. The van der Waals surface area contributed by atoms with Crippen LogP contribution in [0.5, 0.6) is 23.0 Å². The Hall–Kier alpha value is -4.10. The molecule has 2 aromatic carbocycles. The van der Waals surface area contributed by atoms with Crippen molar-refractivity contribution in [2.45, 2.75) is 39.8 Å². The average molecular weight is 676 g/mol. The van der Waals surface area contributed by atoms with Gasteiger partial charge in [0.25, 0.3) is 5.56 Å². The molecule has 1 atom stereocenters. The molecule has 43 heavy (non-hydrogen) atoms. The Balaban J connectivity index is 1.91. The zero-order chi connectivity index (χ0) is 31.4. The van der Waals surface area contributed by atoms with Gasteiger partial charge < -0.3 is 28.8 Å². The van der Waals surface area contributed by atoms with Crippen molar-refractivity contribution < 1.29 is 38.4 Å². The van der Waals surface area contributed by atoms with Crippen molar-refractivity contribution in [3.8, 4) is 23.0 Å². The topological polar surface area (TPSA) is 135 Å². The number of carbonyl (C=O) groups is 2. The Kier molecular flexibility index (Phi) is 9.97. The third kappa shape index (κ3) is 6.78. The summed E-state index contributed by atoms with van der Waals surface area (Å²) >= 11 is 4.64. The van der Waals surface area contributed by atoms with Crippen LogP contribution in [0, 0.1) is 0 Å². The van der Waals surface area contributed by atoms with Crippen LogP contribution in [0.25, 0.3) is 6.08 Å². The molecule has 0 radical (unpaired) electrons. The summed E-state index contributed by atoms with van der Waals surface area (Å²) in [5, 5.41) is 8.98. The van der Waals surface area contributed by atoms with Crippen molar-refractivity contribution >= 4 is 45.3 Å². The molecule has 0 unspecified atom stereocenters. The second-order valence-electron chi connectivity index (χ2n) is 9.59. The molecule has 2 heterocycles. The number of carbonyl (C=O) groups excluding carboxylic acids is 1. The van der Waals surface area contributed by atoms with Crippen molar-refractivity contribution in [3.63, 3.8) is 0 Å². The van der Waals surface area contributed by atoms with Gasteiger partial charge in [0.05, 0.1) is 48.8 Å². The minimum atomic E-state index is -1.13. The second kappa shape index (κ2) is 13.5. The summed E-state index contributed by atoms with van der Waals surface area (Å²) in [5.74, 6) is -0.209. The van der Waals surface area contributed by atoms with E-state index in [0.29, 0.717) is 42.1 Å². The van der Waals surface area contributed by atoms with Crippen molar-refractivity contribution in [3.05, 3.63) is 76.9 Å². The number of esters is 1. The highest BCUT2D eigenvalue weighted by atomic mass is 79.9. The molecule has 1 N–H and O–H groups in total. The number of hydrogen-bond donors (Lipinski definition) is 1. The van der Waals surface area contributed by atoms with Gasteiger partial charge in [0.1, 0.15) is 0 Å². The summed E-state index contributed by atoms with van der Waals surface area (Å²) in [7, 11) is 2.95. The molecule has 0 fully saturated rings. The van der Waals surface area contributed by atoms with Crippen LogP contribution in [-0.2, 0) is 14.3 Å². The zero-order valence-electron chi connectivity index (χ0n) is 24.4. The summed E-state index contributed by atoms with van der Waals surface area (Å²) < 4.78 is 29.9. The minimum absolute atomic E-state index is 0.0922. The molecule has 0 amide bonds. The number of ether oxygens (including phenoxy) is 5. The van der Waals surface area contributed by atoms with Gasteiger partial charge in [-0.25, -0.2) is 14.6 Å². The fourth-order valence-electron chi connectivity index (χ4n) is 4.53. The number of thiazole rings is 1. The Morgan fingerprint density at radius 1 is 1.12 bits per heavy atom. The standard InChI is InChI=1S/C30H31BrN2O9S/c1-7-40-29(37)26-16(4)32-30-33(27(26)17-8-9-20(42-15(2)3)21(10-17)38-5)28(36)24(43-30)12-18-11-22(39-6)23(13-19(18)31)41-14-25(34)35/h8-13,15,27H,7,14H2,1-6H3,(H,34,35)/b24-12-/t27-/m0/s1. The van der Waals surface area contributed by atoms with E-state index in [-0.39, 0.29) is 35.3 Å². The van der Waals surface area contributed by atoms with E-state index in [1.807, 2.05) is 13.8 Å². The number of nitrogens with zero attached hydrogens (tertiary/aromatic N) is 2. The lowest BCUT2D eigenvalue weighted by atomic mass is 9.95. The number of aliphatic carboxylic acids is 1. The van der Waals surface area contributed by atoms with Crippen LogP contribution in [0.3, 0.4) is 0 Å². The minimum Gasteiger partial charge on any atom is -0.493 e. The fourth-order valence-corrected chi connectivity index (χ4v) is 6.00. The molecule has 1 aromatic heterocycles. The van der Waals surface area contributed by atoms with Gasteiger partial charge in [0.15, 0.2) is 34.4 Å². The molecule has 0 saturated heterocycles. The maximum Gasteiger partial charge on any atom is 0.341 e. The summed E-state index contributed by atoms with van der Waals surface area (Å²) in [6.07, 6.45) is 1.57. The van der Waals surface area contributed by atoms with E-state index in [9.17, 15) is 14.4 Å². The number of allylic oxidation sites excluding steroid dienone is 1. The van der Waals surface area contributed by atoms with Crippen LogP contribution in [0.2, 0.25) is 0 Å². The molecule has 11 nitrogen and oxygen atoms in total. The highest BCUT2D eigenvalue weighted by Gasteiger charge is 2.34. The van der Waals surface area contributed by atoms with E-state index >= 15 is 0 Å². The van der Waals surface area contributed by atoms with Crippen LogP contribution in [0.15, 0.2) is 55.9 Å². The van der Waals surface area contributed by atoms with Crippen LogP contribution < -0.4 is 33.8 Å². The van der Waals surface area contributed by atoms with Crippen molar-refractivity contribution in [2.24, 2.45) is 4.99 Å². The Morgan fingerprint density at radius 3 is 2.44 bits per heavy atom. The van der Waals surface area contributed by atoms with Crippen LogP contribution in [0.4, 0.5) is 0 Å². The third-order valence-electron chi connectivity index (χ3n) is 6.30. The van der Waals surface area contributed by atoms with Crippen LogP contribution in [-0.4, -0.2) is 55.1 Å². The van der Waals surface area contributed by atoms with E-state index in [1.165, 1.54) is 18.8 Å². The Labute approximate surface area is 259 Å². The predicted octanol–water partition coefficient (Wildman–Crippen LogP) is 3.83. The highest BCUT2D eigenvalue weighted by Crippen LogP contribution is 2.37. The lowest BCUT2D eigenvalue weighted by Crippen LogP contribution is -2.40. The number of aromatic nitrogens is 1. The average Bonchev–Trinajstić information content (AvgIpc) is 3.26. The summed E-state index contributed by atoms with van der Waals surface area (Å²) in [6.45, 7) is 6.84. The van der Waals surface area contributed by atoms with Crippen molar-refractivity contribution in [1.82, 2.24) is 4.57 Å². The first-order chi connectivity index (χ1) is 20.5. The monoisotopic (exact) mass is 674 g/mol. The quantitative estimate of drug-likeness (QED) is 0.301. The molecule has 0 bridgehead atoms. The number of fused-ring (bicyclic) bond motifs is 1. The molecule has 3 aromatic rings.